The number of hydrogen-bond donors (Lipinski definition) is 1. The number of rotatable bonds is 3. The molecule has 2 rings (SSSR count). The van der Waals surface area contributed by atoms with Crippen LogP contribution in [0.3, 0.4) is 0 Å². The fourth-order valence-corrected chi connectivity index (χ4v) is 2.59. The van der Waals surface area contributed by atoms with Crippen LogP contribution < -0.4 is 10.2 Å². The van der Waals surface area contributed by atoms with Gasteiger partial charge in [0, 0.05) is 29.2 Å². The SMILES string of the molecule is CCCN1C(=O)C(NC(C)=O)c2cc(Br)ccc21. The lowest BCUT2D eigenvalue weighted by Gasteiger charge is -2.16. The molecule has 1 heterocycles. The summed E-state index contributed by atoms with van der Waals surface area (Å²) >= 11 is 3.39. The molecule has 0 bridgehead atoms. The molecule has 18 heavy (non-hydrogen) atoms. The molecule has 1 aliphatic rings. The average Bonchev–Trinajstić information content (AvgIpc) is 2.54. The van der Waals surface area contributed by atoms with Crippen LogP contribution in [0.5, 0.6) is 0 Å². The largest absolute Gasteiger partial charge is 0.341 e. The topological polar surface area (TPSA) is 49.4 Å². The molecule has 1 aromatic rings. The number of halogens is 1. The highest BCUT2D eigenvalue weighted by Gasteiger charge is 2.37. The molecular formula is C13H15BrN2O2. The van der Waals surface area contributed by atoms with Gasteiger partial charge in [0.2, 0.25) is 5.91 Å². The van der Waals surface area contributed by atoms with Gasteiger partial charge in [0.15, 0.2) is 0 Å². The Morgan fingerprint density at radius 2 is 2.22 bits per heavy atom. The van der Waals surface area contributed by atoms with Crippen molar-refractivity contribution in [3.05, 3.63) is 28.2 Å². The molecule has 0 saturated carbocycles. The first-order valence-corrected chi connectivity index (χ1v) is 6.71. The fourth-order valence-electron chi connectivity index (χ4n) is 2.21. The molecule has 1 unspecified atom stereocenters. The van der Waals surface area contributed by atoms with Crippen LogP contribution >= 0.6 is 15.9 Å². The number of nitrogens with one attached hydrogen (secondary N) is 1. The zero-order chi connectivity index (χ0) is 13.3. The molecule has 2 amide bonds. The van der Waals surface area contributed by atoms with Crippen molar-refractivity contribution in [1.82, 2.24) is 5.32 Å². The van der Waals surface area contributed by atoms with Crippen LogP contribution in [0.4, 0.5) is 5.69 Å². The van der Waals surface area contributed by atoms with Crippen molar-refractivity contribution in [3.63, 3.8) is 0 Å². The zero-order valence-corrected chi connectivity index (χ0v) is 12.0. The van der Waals surface area contributed by atoms with Crippen LogP contribution in [-0.4, -0.2) is 18.4 Å². The predicted molar refractivity (Wildman–Crippen MR) is 73.3 cm³/mol. The smallest absolute Gasteiger partial charge is 0.254 e. The van der Waals surface area contributed by atoms with Crippen molar-refractivity contribution in [1.29, 1.82) is 0 Å². The normalized spacial score (nSPS) is 17.8. The van der Waals surface area contributed by atoms with Crippen molar-refractivity contribution in [2.75, 3.05) is 11.4 Å². The lowest BCUT2D eigenvalue weighted by atomic mass is 10.1. The Morgan fingerprint density at radius 3 is 2.83 bits per heavy atom. The quantitative estimate of drug-likeness (QED) is 0.932. The van der Waals surface area contributed by atoms with Gasteiger partial charge in [-0.05, 0) is 24.6 Å². The standard InChI is InChI=1S/C13H15BrN2O2/c1-3-6-16-11-5-4-9(14)7-10(11)12(13(16)18)15-8(2)17/h4-5,7,12H,3,6H2,1-2H3,(H,15,17). The van der Waals surface area contributed by atoms with E-state index in [4.69, 9.17) is 0 Å². The Balaban J connectivity index is 2.43. The summed E-state index contributed by atoms with van der Waals surface area (Å²) in [4.78, 5) is 25.2. The van der Waals surface area contributed by atoms with E-state index in [1.807, 2.05) is 25.1 Å². The minimum absolute atomic E-state index is 0.0554. The van der Waals surface area contributed by atoms with Crippen LogP contribution in [0.1, 0.15) is 31.9 Å². The van der Waals surface area contributed by atoms with Crippen LogP contribution in [0, 0.1) is 0 Å². The summed E-state index contributed by atoms with van der Waals surface area (Å²) in [5.41, 5.74) is 1.75. The fraction of sp³-hybridized carbons (Fsp3) is 0.385. The number of nitrogens with zero attached hydrogens (tertiary/aromatic N) is 1. The Hall–Kier alpha value is -1.36. The summed E-state index contributed by atoms with van der Waals surface area (Å²) in [5.74, 6) is -0.252. The molecule has 0 spiro atoms. The maximum atomic E-state index is 12.3. The van der Waals surface area contributed by atoms with Gasteiger partial charge < -0.3 is 10.2 Å². The molecule has 1 N–H and O–H groups in total. The van der Waals surface area contributed by atoms with Gasteiger partial charge in [-0.1, -0.05) is 22.9 Å². The Kier molecular flexibility index (Phi) is 3.71. The third-order valence-electron chi connectivity index (χ3n) is 2.90. The summed E-state index contributed by atoms with van der Waals surface area (Å²) < 4.78 is 0.905. The highest BCUT2D eigenvalue weighted by molar-refractivity contribution is 9.10. The van der Waals surface area contributed by atoms with E-state index in [-0.39, 0.29) is 11.8 Å². The highest BCUT2D eigenvalue weighted by atomic mass is 79.9. The van der Waals surface area contributed by atoms with Gasteiger partial charge in [-0.3, -0.25) is 9.59 Å². The van der Waals surface area contributed by atoms with Crippen molar-refractivity contribution >= 4 is 33.4 Å². The van der Waals surface area contributed by atoms with Crippen LogP contribution in [0.15, 0.2) is 22.7 Å². The van der Waals surface area contributed by atoms with E-state index in [1.165, 1.54) is 6.92 Å². The van der Waals surface area contributed by atoms with Crippen molar-refractivity contribution in [2.24, 2.45) is 0 Å². The lowest BCUT2D eigenvalue weighted by molar-refractivity contribution is -0.126. The molecule has 5 heteroatoms. The summed E-state index contributed by atoms with van der Waals surface area (Å²) in [6.07, 6.45) is 0.883. The zero-order valence-electron chi connectivity index (χ0n) is 10.4. The van der Waals surface area contributed by atoms with Gasteiger partial charge in [0.25, 0.3) is 5.91 Å². The van der Waals surface area contributed by atoms with Gasteiger partial charge in [-0.2, -0.15) is 0 Å². The maximum absolute atomic E-state index is 12.3. The number of fused-ring (bicyclic) bond motifs is 1. The van der Waals surface area contributed by atoms with Gasteiger partial charge in [0.05, 0.1) is 0 Å². The summed E-state index contributed by atoms with van der Waals surface area (Å²) in [5, 5.41) is 2.71. The number of carbonyl (C=O) groups is 2. The number of benzene rings is 1. The molecule has 1 aromatic carbocycles. The van der Waals surface area contributed by atoms with E-state index >= 15 is 0 Å². The molecule has 0 aromatic heterocycles. The first-order chi connectivity index (χ1) is 8.54. The van der Waals surface area contributed by atoms with E-state index in [2.05, 4.69) is 21.2 Å². The minimum Gasteiger partial charge on any atom is -0.341 e. The second-order valence-corrected chi connectivity index (χ2v) is 5.24. The van der Waals surface area contributed by atoms with Crippen LogP contribution in [0.2, 0.25) is 0 Å². The van der Waals surface area contributed by atoms with Crippen molar-refractivity contribution in [2.45, 2.75) is 26.3 Å². The molecule has 4 nitrogen and oxygen atoms in total. The summed E-state index contributed by atoms with van der Waals surface area (Å²) in [6.45, 7) is 4.12. The van der Waals surface area contributed by atoms with Gasteiger partial charge >= 0.3 is 0 Å². The van der Waals surface area contributed by atoms with Gasteiger partial charge in [-0.25, -0.2) is 0 Å². The first-order valence-electron chi connectivity index (χ1n) is 5.92. The van der Waals surface area contributed by atoms with Crippen LogP contribution in [0.25, 0.3) is 0 Å². The van der Waals surface area contributed by atoms with Crippen molar-refractivity contribution in [3.8, 4) is 0 Å². The molecule has 0 aliphatic carbocycles. The Morgan fingerprint density at radius 1 is 1.50 bits per heavy atom. The Bertz CT molecular complexity index is 502. The Labute approximate surface area is 114 Å². The third-order valence-corrected chi connectivity index (χ3v) is 3.39. The minimum atomic E-state index is -0.554. The van der Waals surface area contributed by atoms with Gasteiger partial charge in [0.1, 0.15) is 6.04 Å². The van der Waals surface area contributed by atoms with E-state index in [0.29, 0.717) is 6.54 Å². The molecule has 1 atom stereocenters. The second kappa shape index (κ2) is 5.10. The molecule has 0 saturated heterocycles. The molecular weight excluding hydrogens is 296 g/mol. The number of carbonyl (C=O) groups excluding carboxylic acids is 2. The third kappa shape index (κ3) is 2.27. The highest BCUT2D eigenvalue weighted by Crippen LogP contribution is 2.37. The first kappa shape index (κ1) is 13.1. The number of anilines is 1. The molecule has 0 fully saturated rings. The average molecular weight is 311 g/mol. The number of amides is 2. The summed E-state index contributed by atoms with van der Waals surface area (Å²) in [7, 11) is 0. The van der Waals surface area contributed by atoms with E-state index < -0.39 is 6.04 Å². The van der Waals surface area contributed by atoms with Crippen LogP contribution in [-0.2, 0) is 9.59 Å². The number of hydrogen-bond acceptors (Lipinski definition) is 2. The molecule has 1 aliphatic heterocycles. The summed E-state index contributed by atoms with van der Waals surface area (Å²) in [6, 6.07) is 5.16. The monoisotopic (exact) mass is 310 g/mol. The maximum Gasteiger partial charge on any atom is 0.254 e. The lowest BCUT2D eigenvalue weighted by Crippen LogP contribution is -2.36. The van der Waals surface area contributed by atoms with E-state index in [1.54, 1.807) is 4.90 Å². The van der Waals surface area contributed by atoms with E-state index in [9.17, 15) is 9.59 Å². The molecule has 0 radical (unpaired) electrons. The molecule has 96 valence electrons. The van der Waals surface area contributed by atoms with Crippen molar-refractivity contribution < 1.29 is 9.59 Å². The predicted octanol–water partition coefficient (Wildman–Crippen LogP) is 2.38. The second-order valence-electron chi connectivity index (χ2n) is 4.33. The van der Waals surface area contributed by atoms with Gasteiger partial charge in [-0.15, -0.1) is 0 Å². The van der Waals surface area contributed by atoms with E-state index in [0.717, 1.165) is 22.1 Å².